The van der Waals surface area contributed by atoms with Gasteiger partial charge in [0.05, 0.1) is 11.6 Å². The van der Waals surface area contributed by atoms with Crippen molar-refractivity contribution in [2.45, 2.75) is 32.4 Å². The van der Waals surface area contributed by atoms with Gasteiger partial charge in [0.2, 0.25) is 0 Å². The molecule has 2 atom stereocenters. The number of methoxy groups -OCH3 is 1. The zero-order valence-corrected chi connectivity index (χ0v) is 13.2. The van der Waals surface area contributed by atoms with Crippen molar-refractivity contribution in [2.75, 3.05) is 20.7 Å². The van der Waals surface area contributed by atoms with Crippen LogP contribution in [0.2, 0.25) is 0 Å². The maximum absolute atomic E-state index is 5.93. The molecule has 2 N–H and O–H groups in total. The first-order valence-corrected chi connectivity index (χ1v) is 7.09. The maximum Gasteiger partial charge on any atom is 0.133 e. The van der Waals surface area contributed by atoms with Crippen LogP contribution in [0.25, 0.3) is 0 Å². The van der Waals surface area contributed by atoms with Gasteiger partial charge < -0.3 is 10.5 Å². The van der Waals surface area contributed by atoms with E-state index in [1.54, 1.807) is 7.11 Å². The number of benzene rings is 1. The van der Waals surface area contributed by atoms with E-state index in [1.165, 1.54) is 5.56 Å². The summed E-state index contributed by atoms with van der Waals surface area (Å²) in [6.45, 7) is 5.03. The van der Waals surface area contributed by atoms with Gasteiger partial charge in [-0.25, -0.2) is 0 Å². The summed E-state index contributed by atoms with van der Waals surface area (Å²) in [6.07, 6.45) is 1.12. The Morgan fingerprint density at radius 1 is 1.44 bits per heavy atom. The van der Waals surface area contributed by atoms with Gasteiger partial charge in [-0.2, -0.15) is 0 Å². The minimum atomic E-state index is 0.238. The molecule has 0 aliphatic carbocycles. The molecule has 0 amide bonds. The lowest BCUT2D eigenvalue weighted by molar-refractivity contribution is 0.184. The van der Waals surface area contributed by atoms with E-state index in [0.717, 1.165) is 16.6 Å². The number of halogens is 1. The number of nitrogens with two attached hydrogens (primary N) is 1. The molecular formula is C14H23BrN2O. The van der Waals surface area contributed by atoms with E-state index in [4.69, 9.17) is 10.5 Å². The molecule has 0 saturated heterocycles. The Labute approximate surface area is 118 Å². The summed E-state index contributed by atoms with van der Waals surface area (Å²) in [5, 5.41) is 0. The van der Waals surface area contributed by atoms with Crippen LogP contribution in [-0.4, -0.2) is 31.6 Å². The Kier molecular flexibility index (Phi) is 6.12. The highest BCUT2D eigenvalue weighted by atomic mass is 79.9. The summed E-state index contributed by atoms with van der Waals surface area (Å²) < 4.78 is 6.22. The molecule has 0 heterocycles. The van der Waals surface area contributed by atoms with Crippen molar-refractivity contribution in [3.8, 4) is 5.75 Å². The predicted octanol–water partition coefficient (Wildman–Crippen LogP) is 3.19. The molecule has 0 radical (unpaired) electrons. The molecule has 0 aliphatic rings. The Bertz CT molecular complexity index is 384. The molecule has 0 saturated carbocycles. The van der Waals surface area contributed by atoms with Crippen LogP contribution in [0.5, 0.6) is 5.75 Å². The number of hydrogen-bond acceptors (Lipinski definition) is 3. The fourth-order valence-corrected chi connectivity index (χ4v) is 2.58. The van der Waals surface area contributed by atoms with E-state index in [1.807, 2.05) is 6.07 Å². The van der Waals surface area contributed by atoms with Crippen LogP contribution in [0.4, 0.5) is 0 Å². The van der Waals surface area contributed by atoms with E-state index in [2.05, 4.69) is 53.9 Å². The number of hydrogen-bond donors (Lipinski definition) is 1. The molecule has 0 aliphatic heterocycles. The third-order valence-electron chi connectivity index (χ3n) is 3.56. The molecule has 1 rings (SSSR count). The lowest BCUT2D eigenvalue weighted by Gasteiger charge is -2.32. The second-order valence-corrected chi connectivity index (χ2v) is 5.42. The van der Waals surface area contributed by atoms with Gasteiger partial charge in [-0.3, -0.25) is 4.90 Å². The SMILES string of the molecule is CCC(C)N(C)C(CN)c1ccc(OC)c(Br)c1. The van der Waals surface area contributed by atoms with Crippen molar-refractivity contribution in [3.05, 3.63) is 28.2 Å². The van der Waals surface area contributed by atoms with E-state index in [0.29, 0.717) is 12.6 Å². The Morgan fingerprint density at radius 3 is 2.56 bits per heavy atom. The monoisotopic (exact) mass is 314 g/mol. The molecule has 0 aromatic heterocycles. The highest BCUT2D eigenvalue weighted by Gasteiger charge is 2.20. The minimum absolute atomic E-state index is 0.238. The largest absolute Gasteiger partial charge is 0.496 e. The first-order valence-electron chi connectivity index (χ1n) is 6.30. The first-order chi connectivity index (χ1) is 8.54. The molecule has 4 heteroatoms. The van der Waals surface area contributed by atoms with E-state index in [-0.39, 0.29) is 6.04 Å². The molecule has 1 aromatic rings. The van der Waals surface area contributed by atoms with Crippen molar-refractivity contribution in [1.29, 1.82) is 0 Å². The van der Waals surface area contributed by atoms with Crippen molar-refractivity contribution < 1.29 is 4.74 Å². The van der Waals surface area contributed by atoms with Crippen LogP contribution in [0.3, 0.4) is 0 Å². The molecular weight excluding hydrogens is 292 g/mol. The fourth-order valence-electron chi connectivity index (χ4n) is 2.02. The van der Waals surface area contributed by atoms with E-state index >= 15 is 0 Å². The molecule has 3 nitrogen and oxygen atoms in total. The zero-order chi connectivity index (χ0) is 13.7. The smallest absolute Gasteiger partial charge is 0.133 e. The molecule has 0 bridgehead atoms. The molecule has 102 valence electrons. The Balaban J connectivity index is 2.98. The van der Waals surface area contributed by atoms with E-state index < -0.39 is 0 Å². The van der Waals surface area contributed by atoms with Crippen molar-refractivity contribution >= 4 is 15.9 Å². The van der Waals surface area contributed by atoms with Crippen LogP contribution < -0.4 is 10.5 Å². The van der Waals surface area contributed by atoms with Gasteiger partial charge in [-0.15, -0.1) is 0 Å². The Morgan fingerprint density at radius 2 is 2.11 bits per heavy atom. The van der Waals surface area contributed by atoms with Crippen LogP contribution in [0.1, 0.15) is 31.9 Å². The van der Waals surface area contributed by atoms with Gasteiger partial charge in [-0.05, 0) is 54.0 Å². The van der Waals surface area contributed by atoms with Gasteiger partial charge >= 0.3 is 0 Å². The number of ether oxygens (including phenoxy) is 1. The molecule has 18 heavy (non-hydrogen) atoms. The van der Waals surface area contributed by atoms with Gasteiger partial charge in [0.1, 0.15) is 5.75 Å². The van der Waals surface area contributed by atoms with Gasteiger partial charge in [-0.1, -0.05) is 13.0 Å². The first kappa shape index (κ1) is 15.5. The highest BCUT2D eigenvalue weighted by Crippen LogP contribution is 2.30. The normalized spacial score (nSPS) is 14.6. The van der Waals surface area contributed by atoms with Crippen LogP contribution in [-0.2, 0) is 0 Å². The van der Waals surface area contributed by atoms with Gasteiger partial charge in [0, 0.05) is 18.6 Å². The standard InChI is InChI=1S/C14H23BrN2O/c1-5-10(2)17(3)13(9-16)11-6-7-14(18-4)12(15)8-11/h6-8,10,13H,5,9,16H2,1-4H3. The van der Waals surface area contributed by atoms with Gasteiger partial charge in [0.15, 0.2) is 0 Å². The van der Waals surface area contributed by atoms with Gasteiger partial charge in [0.25, 0.3) is 0 Å². The number of rotatable bonds is 6. The average molecular weight is 315 g/mol. The molecule has 2 unspecified atom stereocenters. The second kappa shape index (κ2) is 7.12. The van der Waals surface area contributed by atoms with Crippen LogP contribution >= 0.6 is 15.9 Å². The predicted molar refractivity (Wildman–Crippen MR) is 80.0 cm³/mol. The quantitative estimate of drug-likeness (QED) is 0.876. The summed E-state index contributed by atoms with van der Waals surface area (Å²) in [4.78, 5) is 2.33. The third kappa shape index (κ3) is 3.46. The van der Waals surface area contributed by atoms with Crippen LogP contribution in [0.15, 0.2) is 22.7 Å². The lowest BCUT2D eigenvalue weighted by Crippen LogP contribution is -2.36. The summed E-state index contributed by atoms with van der Waals surface area (Å²) in [7, 11) is 3.80. The minimum Gasteiger partial charge on any atom is -0.496 e. The van der Waals surface area contributed by atoms with Crippen molar-refractivity contribution in [2.24, 2.45) is 5.73 Å². The zero-order valence-electron chi connectivity index (χ0n) is 11.6. The maximum atomic E-state index is 5.93. The highest BCUT2D eigenvalue weighted by molar-refractivity contribution is 9.10. The molecule has 0 spiro atoms. The average Bonchev–Trinajstić information content (AvgIpc) is 2.38. The summed E-state index contributed by atoms with van der Waals surface area (Å²) >= 11 is 3.52. The fraction of sp³-hybridized carbons (Fsp3) is 0.571. The lowest BCUT2D eigenvalue weighted by atomic mass is 10.0. The van der Waals surface area contributed by atoms with Crippen molar-refractivity contribution in [1.82, 2.24) is 4.90 Å². The summed E-state index contributed by atoms with van der Waals surface area (Å²) in [5.41, 5.74) is 7.15. The molecule has 1 aromatic carbocycles. The van der Waals surface area contributed by atoms with E-state index in [9.17, 15) is 0 Å². The number of likely N-dealkylation sites (N-methyl/N-ethyl adjacent to an activating group) is 1. The van der Waals surface area contributed by atoms with Crippen LogP contribution in [0, 0.1) is 0 Å². The topological polar surface area (TPSA) is 38.5 Å². The Hall–Kier alpha value is -0.580. The summed E-state index contributed by atoms with van der Waals surface area (Å²) in [5.74, 6) is 0.848. The number of nitrogens with zero attached hydrogens (tertiary/aromatic N) is 1. The second-order valence-electron chi connectivity index (χ2n) is 4.57. The van der Waals surface area contributed by atoms with Crippen molar-refractivity contribution in [3.63, 3.8) is 0 Å². The summed E-state index contributed by atoms with van der Waals surface area (Å²) in [6, 6.07) is 6.91. The third-order valence-corrected chi connectivity index (χ3v) is 4.18. The molecule has 0 fully saturated rings.